The van der Waals surface area contributed by atoms with E-state index in [4.69, 9.17) is 0 Å². The molecule has 0 amide bonds. The monoisotopic (exact) mass is 601 g/mol. The standard InChI is InChI=1S/C46H35N/c1-3-13-34(4-2)45-31-30-44(33-46(45)39-17-9-6-10-18-39)47(42-26-22-37(23-27-42)35-14-7-5-8-15-35)43-28-24-38(25-29-43)41-21-20-36-16-11-12-19-40(36)32-41/h3-33H,1-2H2/b34-13+. The molecule has 0 heterocycles. The zero-order chi connectivity index (χ0) is 32.0. The van der Waals surface area contributed by atoms with Crippen molar-refractivity contribution in [3.8, 4) is 33.4 Å². The SMILES string of the molecule is C=C/C=C(\C=C)c1ccc(N(c2ccc(-c3ccccc3)cc2)c2ccc(-c3ccc4ccccc4c3)cc2)cc1-c1ccccc1. The summed E-state index contributed by atoms with van der Waals surface area (Å²) in [5, 5.41) is 2.49. The first-order valence-electron chi connectivity index (χ1n) is 15.9. The molecule has 0 N–H and O–H groups in total. The van der Waals surface area contributed by atoms with E-state index >= 15 is 0 Å². The number of hydrogen-bond acceptors (Lipinski definition) is 1. The average Bonchev–Trinajstić information content (AvgIpc) is 3.15. The number of nitrogens with zero attached hydrogens (tertiary/aromatic N) is 1. The Morgan fingerprint density at radius 3 is 1.55 bits per heavy atom. The highest BCUT2D eigenvalue weighted by atomic mass is 15.1. The van der Waals surface area contributed by atoms with Crippen LogP contribution in [-0.2, 0) is 0 Å². The van der Waals surface area contributed by atoms with Gasteiger partial charge in [0.1, 0.15) is 0 Å². The lowest BCUT2D eigenvalue weighted by atomic mass is 9.93. The number of benzene rings is 7. The molecule has 7 aromatic rings. The van der Waals surface area contributed by atoms with Crippen LogP contribution in [-0.4, -0.2) is 0 Å². The van der Waals surface area contributed by atoms with Crippen LogP contribution in [0.15, 0.2) is 201 Å². The third-order valence-electron chi connectivity index (χ3n) is 8.62. The van der Waals surface area contributed by atoms with Crippen molar-refractivity contribution >= 4 is 33.4 Å². The van der Waals surface area contributed by atoms with E-state index in [-0.39, 0.29) is 0 Å². The molecule has 0 unspecified atom stereocenters. The molecule has 47 heavy (non-hydrogen) atoms. The van der Waals surface area contributed by atoms with E-state index in [1.54, 1.807) is 0 Å². The molecule has 1 nitrogen and oxygen atoms in total. The first-order valence-corrected chi connectivity index (χ1v) is 15.9. The van der Waals surface area contributed by atoms with Gasteiger partial charge in [-0.15, -0.1) is 0 Å². The van der Waals surface area contributed by atoms with Crippen molar-refractivity contribution in [1.82, 2.24) is 0 Å². The quantitative estimate of drug-likeness (QED) is 0.149. The van der Waals surface area contributed by atoms with Crippen molar-refractivity contribution in [3.05, 3.63) is 207 Å². The minimum atomic E-state index is 1.03. The molecule has 0 fully saturated rings. The maximum absolute atomic E-state index is 4.10. The van der Waals surface area contributed by atoms with E-state index in [2.05, 4.69) is 188 Å². The van der Waals surface area contributed by atoms with Gasteiger partial charge >= 0.3 is 0 Å². The predicted molar refractivity (Wildman–Crippen MR) is 203 cm³/mol. The molecule has 0 atom stereocenters. The topological polar surface area (TPSA) is 3.24 Å². The molecule has 0 bridgehead atoms. The lowest BCUT2D eigenvalue weighted by Gasteiger charge is -2.27. The second kappa shape index (κ2) is 13.4. The van der Waals surface area contributed by atoms with Gasteiger partial charge < -0.3 is 4.90 Å². The van der Waals surface area contributed by atoms with Crippen LogP contribution in [0.25, 0.3) is 49.7 Å². The molecule has 7 aromatic carbocycles. The van der Waals surface area contributed by atoms with Crippen molar-refractivity contribution in [1.29, 1.82) is 0 Å². The molecule has 0 saturated heterocycles. The number of fused-ring (bicyclic) bond motifs is 1. The van der Waals surface area contributed by atoms with E-state index in [1.807, 2.05) is 18.2 Å². The highest BCUT2D eigenvalue weighted by Crippen LogP contribution is 2.41. The summed E-state index contributed by atoms with van der Waals surface area (Å²) in [7, 11) is 0. The third kappa shape index (κ3) is 6.20. The first-order chi connectivity index (χ1) is 23.2. The Morgan fingerprint density at radius 2 is 0.936 bits per heavy atom. The van der Waals surface area contributed by atoms with Crippen molar-refractivity contribution in [2.24, 2.45) is 0 Å². The average molecular weight is 602 g/mol. The van der Waals surface area contributed by atoms with E-state index in [9.17, 15) is 0 Å². The molecule has 0 spiro atoms. The minimum absolute atomic E-state index is 1.03. The van der Waals surface area contributed by atoms with Crippen LogP contribution >= 0.6 is 0 Å². The first kappa shape index (κ1) is 29.5. The molecule has 0 radical (unpaired) electrons. The number of allylic oxidation sites excluding steroid dienone is 4. The van der Waals surface area contributed by atoms with E-state index in [1.165, 1.54) is 33.0 Å². The van der Waals surface area contributed by atoms with Crippen LogP contribution in [0.3, 0.4) is 0 Å². The maximum atomic E-state index is 4.10. The summed E-state index contributed by atoms with van der Waals surface area (Å²) in [6.45, 7) is 8.04. The molecule has 0 aromatic heterocycles. The smallest absolute Gasteiger partial charge is 0.0468 e. The van der Waals surface area contributed by atoms with Crippen LogP contribution in [0.2, 0.25) is 0 Å². The Balaban J connectivity index is 1.35. The van der Waals surface area contributed by atoms with Crippen molar-refractivity contribution in [2.45, 2.75) is 0 Å². The van der Waals surface area contributed by atoms with E-state index < -0.39 is 0 Å². The predicted octanol–water partition coefficient (Wildman–Crippen LogP) is 13.1. The lowest BCUT2D eigenvalue weighted by molar-refractivity contribution is 1.28. The van der Waals surface area contributed by atoms with Crippen LogP contribution in [0, 0.1) is 0 Å². The number of rotatable bonds is 9. The number of hydrogen-bond donors (Lipinski definition) is 0. The van der Waals surface area contributed by atoms with Gasteiger partial charge in [0.05, 0.1) is 0 Å². The molecule has 0 saturated carbocycles. The van der Waals surface area contributed by atoms with Gasteiger partial charge in [0.25, 0.3) is 0 Å². The van der Waals surface area contributed by atoms with Gasteiger partial charge in [0.2, 0.25) is 0 Å². The van der Waals surface area contributed by atoms with Gasteiger partial charge in [-0.05, 0) is 97.8 Å². The summed E-state index contributed by atoms with van der Waals surface area (Å²) < 4.78 is 0. The molecule has 7 rings (SSSR count). The molecule has 0 aliphatic rings. The Labute approximate surface area is 277 Å². The van der Waals surface area contributed by atoms with Crippen molar-refractivity contribution in [2.75, 3.05) is 4.90 Å². The minimum Gasteiger partial charge on any atom is -0.310 e. The Morgan fingerprint density at radius 1 is 0.426 bits per heavy atom. The van der Waals surface area contributed by atoms with E-state index in [0.717, 1.165) is 39.3 Å². The fraction of sp³-hybridized carbons (Fsp3) is 0. The highest BCUT2D eigenvalue weighted by Gasteiger charge is 2.17. The van der Waals surface area contributed by atoms with Crippen molar-refractivity contribution in [3.63, 3.8) is 0 Å². The third-order valence-corrected chi connectivity index (χ3v) is 8.62. The molecule has 224 valence electrons. The zero-order valence-corrected chi connectivity index (χ0v) is 26.3. The van der Waals surface area contributed by atoms with Crippen LogP contribution in [0.4, 0.5) is 17.1 Å². The Kier molecular flexibility index (Phi) is 8.44. The van der Waals surface area contributed by atoms with Gasteiger partial charge in [-0.25, -0.2) is 0 Å². The molecule has 1 heteroatoms. The normalized spacial score (nSPS) is 11.3. The molecular weight excluding hydrogens is 567 g/mol. The fourth-order valence-electron chi connectivity index (χ4n) is 6.23. The summed E-state index contributed by atoms with van der Waals surface area (Å²) in [4.78, 5) is 2.33. The Hall–Kier alpha value is -6.18. The van der Waals surface area contributed by atoms with E-state index in [0.29, 0.717) is 0 Å². The molecular formula is C46H35N. The number of anilines is 3. The largest absolute Gasteiger partial charge is 0.310 e. The van der Waals surface area contributed by atoms with Gasteiger partial charge in [-0.2, -0.15) is 0 Å². The molecule has 0 aliphatic heterocycles. The summed E-state index contributed by atoms with van der Waals surface area (Å²) in [5.74, 6) is 0. The van der Waals surface area contributed by atoms with Gasteiger partial charge in [0, 0.05) is 17.1 Å². The second-order valence-corrected chi connectivity index (χ2v) is 11.5. The molecule has 0 aliphatic carbocycles. The van der Waals surface area contributed by atoms with Crippen LogP contribution < -0.4 is 4.90 Å². The van der Waals surface area contributed by atoms with Crippen LogP contribution in [0.1, 0.15) is 5.56 Å². The second-order valence-electron chi connectivity index (χ2n) is 11.5. The van der Waals surface area contributed by atoms with Gasteiger partial charge in [-0.3, -0.25) is 0 Å². The van der Waals surface area contributed by atoms with Gasteiger partial charge in [-0.1, -0.05) is 159 Å². The van der Waals surface area contributed by atoms with Gasteiger partial charge in [0.15, 0.2) is 0 Å². The summed E-state index contributed by atoms with van der Waals surface area (Å²) in [6.07, 6.45) is 5.73. The lowest BCUT2D eigenvalue weighted by Crippen LogP contribution is -2.10. The Bertz CT molecular complexity index is 2190. The summed E-state index contributed by atoms with van der Waals surface area (Å²) in [5.41, 5.74) is 12.4. The highest BCUT2D eigenvalue weighted by molar-refractivity contribution is 5.91. The maximum Gasteiger partial charge on any atom is 0.0468 e. The van der Waals surface area contributed by atoms with Crippen molar-refractivity contribution < 1.29 is 0 Å². The summed E-state index contributed by atoms with van der Waals surface area (Å²) >= 11 is 0. The zero-order valence-electron chi connectivity index (χ0n) is 26.3. The summed E-state index contributed by atoms with van der Waals surface area (Å²) in [6, 6.07) is 60.6. The fourth-order valence-corrected chi connectivity index (χ4v) is 6.23. The van der Waals surface area contributed by atoms with Crippen LogP contribution in [0.5, 0.6) is 0 Å².